The van der Waals surface area contributed by atoms with E-state index in [0.717, 1.165) is 6.42 Å². The summed E-state index contributed by atoms with van der Waals surface area (Å²) < 4.78 is 5.12. The second-order valence-electron chi connectivity index (χ2n) is 2.97. The van der Waals surface area contributed by atoms with E-state index in [1.807, 2.05) is 12.1 Å². The molecule has 68 valence electrons. The minimum absolute atomic E-state index is 0.0186. The van der Waals surface area contributed by atoms with Crippen LogP contribution in [0, 0.1) is 0 Å². The molecule has 1 aliphatic rings. The molecule has 2 nitrogen and oxygen atoms in total. The van der Waals surface area contributed by atoms with Crippen molar-refractivity contribution in [3.8, 4) is 0 Å². The fraction of sp³-hybridized carbons (Fsp3) is 0.300. The number of fused-ring (bicyclic) bond motifs is 1. The third kappa shape index (κ3) is 1.86. The summed E-state index contributed by atoms with van der Waals surface area (Å²) in [6.07, 6.45) is 0.834. The molecule has 0 N–H and O–H groups in total. The van der Waals surface area contributed by atoms with Crippen molar-refractivity contribution in [2.75, 3.05) is 0 Å². The van der Waals surface area contributed by atoms with E-state index in [0.29, 0.717) is 0 Å². The Balaban J connectivity index is 2.09. The Bertz CT molecular complexity index is 310. The van der Waals surface area contributed by atoms with Crippen molar-refractivity contribution < 1.29 is 9.53 Å². The zero-order chi connectivity index (χ0) is 9.26. The summed E-state index contributed by atoms with van der Waals surface area (Å²) in [5.41, 5.74) is 1.26. The molecule has 0 aliphatic carbocycles. The molecular formula is C10H10O2S. The van der Waals surface area contributed by atoms with E-state index in [2.05, 4.69) is 12.1 Å². The molecule has 0 bridgehead atoms. The predicted molar refractivity (Wildman–Crippen MR) is 51.6 cm³/mol. The van der Waals surface area contributed by atoms with Crippen LogP contribution in [0.4, 0.5) is 0 Å². The van der Waals surface area contributed by atoms with Gasteiger partial charge in [-0.1, -0.05) is 30.0 Å². The number of benzene rings is 1. The molecule has 0 amide bonds. The predicted octanol–water partition coefficient (Wildman–Crippen LogP) is 2.22. The van der Waals surface area contributed by atoms with E-state index >= 15 is 0 Å². The number of carbonyl (C=O) groups excluding carboxylic acids is 1. The summed E-state index contributed by atoms with van der Waals surface area (Å²) in [5, 5.41) is 0. The first-order chi connectivity index (χ1) is 6.25. The van der Waals surface area contributed by atoms with Crippen molar-refractivity contribution in [2.45, 2.75) is 23.7 Å². The smallest absolute Gasteiger partial charge is 0.303 e. The average Bonchev–Trinajstić information content (AvgIpc) is 2.44. The Labute approximate surface area is 81.3 Å². The van der Waals surface area contributed by atoms with Gasteiger partial charge in [-0.2, -0.15) is 0 Å². The highest BCUT2D eigenvalue weighted by Gasteiger charge is 2.23. The highest BCUT2D eigenvalue weighted by molar-refractivity contribution is 8.00. The SMILES string of the molecule is CC(=O)OC1Cc2ccccc2S1. The number of rotatable bonds is 1. The Morgan fingerprint density at radius 2 is 2.31 bits per heavy atom. The van der Waals surface area contributed by atoms with E-state index in [1.165, 1.54) is 17.4 Å². The first kappa shape index (κ1) is 8.63. The topological polar surface area (TPSA) is 26.3 Å². The maximum atomic E-state index is 10.7. The van der Waals surface area contributed by atoms with Gasteiger partial charge in [-0.15, -0.1) is 0 Å². The number of esters is 1. The van der Waals surface area contributed by atoms with Crippen molar-refractivity contribution in [3.05, 3.63) is 29.8 Å². The molecule has 3 heteroatoms. The lowest BCUT2D eigenvalue weighted by Gasteiger charge is -2.07. The highest BCUT2D eigenvalue weighted by atomic mass is 32.2. The van der Waals surface area contributed by atoms with Crippen LogP contribution < -0.4 is 0 Å². The van der Waals surface area contributed by atoms with Crippen LogP contribution in [0.2, 0.25) is 0 Å². The molecule has 1 aromatic rings. The van der Waals surface area contributed by atoms with Gasteiger partial charge >= 0.3 is 5.97 Å². The van der Waals surface area contributed by atoms with Gasteiger partial charge in [-0.3, -0.25) is 4.79 Å². The number of thioether (sulfide) groups is 1. The number of hydrogen-bond donors (Lipinski definition) is 0. The molecule has 1 heterocycles. The van der Waals surface area contributed by atoms with Gasteiger partial charge < -0.3 is 4.74 Å². The summed E-state index contributed by atoms with van der Waals surface area (Å²) in [4.78, 5) is 11.9. The molecule has 0 saturated heterocycles. The molecule has 0 fully saturated rings. The van der Waals surface area contributed by atoms with E-state index in [-0.39, 0.29) is 11.4 Å². The van der Waals surface area contributed by atoms with Crippen molar-refractivity contribution >= 4 is 17.7 Å². The zero-order valence-corrected chi connectivity index (χ0v) is 8.14. The van der Waals surface area contributed by atoms with Crippen LogP contribution >= 0.6 is 11.8 Å². The Morgan fingerprint density at radius 3 is 3.00 bits per heavy atom. The second-order valence-corrected chi connectivity index (χ2v) is 4.17. The number of carbonyl (C=O) groups is 1. The molecule has 1 atom stereocenters. The lowest BCUT2D eigenvalue weighted by atomic mass is 10.2. The van der Waals surface area contributed by atoms with Crippen molar-refractivity contribution in [1.82, 2.24) is 0 Å². The quantitative estimate of drug-likeness (QED) is 0.641. The van der Waals surface area contributed by atoms with Crippen molar-refractivity contribution in [3.63, 3.8) is 0 Å². The molecule has 0 spiro atoms. The standard InChI is InChI=1S/C10H10O2S/c1-7(11)12-10-6-8-4-2-3-5-9(8)13-10/h2-5,10H,6H2,1H3. The highest BCUT2D eigenvalue weighted by Crippen LogP contribution is 2.37. The summed E-state index contributed by atoms with van der Waals surface area (Å²) in [6, 6.07) is 8.15. The zero-order valence-electron chi connectivity index (χ0n) is 7.32. The van der Waals surface area contributed by atoms with Crippen LogP contribution in [0.15, 0.2) is 29.2 Å². The van der Waals surface area contributed by atoms with Crippen LogP contribution in [0.5, 0.6) is 0 Å². The number of ether oxygens (including phenoxy) is 1. The second kappa shape index (κ2) is 3.42. The molecule has 0 saturated carbocycles. The first-order valence-corrected chi connectivity index (χ1v) is 5.05. The van der Waals surface area contributed by atoms with E-state index < -0.39 is 0 Å². The van der Waals surface area contributed by atoms with Gasteiger partial charge in [0.25, 0.3) is 0 Å². The molecule has 1 aliphatic heterocycles. The maximum Gasteiger partial charge on any atom is 0.303 e. The van der Waals surface area contributed by atoms with E-state index in [1.54, 1.807) is 11.8 Å². The van der Waals surface area contributed by atoms with Gasteiger partial charge in [0.15, 0.2) is 5.44 Å². The molecule has 1 aromatic carbocycles. The third-order valence-electron chi connectivity index (χ3n) is 1.92. The van der Waals surface area contributed by atoms with Gasteiger partial charge in [-0.05, 0) is 11.6 Å². The van der Waals surface area contributed by atoms with Gasteiger partial charge in [-0.25, -0.2) is 0 Å². The summed E-state index contributed by atoms with van der Waals surface area (Å²) in [7, 11) is 0. The fourth-order valence-electron chi connectivity index (χ4n) is 1.40. The Morgan fingerprint density at radius 1 is 1.54 bits per heavy atom. The van der Waals surface area contributed by atoms with Crippen LogP contribution in [-0.4, -0.2) is 11.4 Å². The molecule has 2 rings (SSSR count). The minimum Gasteiger partial charge on any atom is -0.451 e. The summed E-state index contributed by atoms with van der Waals surface area (Å²) in [5.74, 6) is -0.203. The molecular weight excluding hydrogens is 184 g/mol. The third-order valence-corrected chi connectivity index (χ3v) is 3.09. The van der Waals surface area contributed by atoms with Crippen LogP contribution in [0.25, 0.3) is 0 Å². The number of hydrogen-bond acceptors (Lipinski definition) is 3. The van der Waals surface area contributed by atoms with Crippen LogP contribution in [-0.2, 0) is 16.0 Å². The average molecular weight is 194 g/mol. The molecule has 0 aromatic heterocycles. The van der Waals surface area contributed by atoms with Gasteiger partial charge in [0.05, 0.1) is 0 Å². The van der Waals surface area contributed by atoms with E-state index in [4.69, 9.17) is 4.74 Å². The lowest BCUT2D eigenvalue weighted by molar-refractivity contribution is -0.142. The van der Waals surface area contributed by atoms with Gasteiger partial charge in [0.2, 0.25) is 0 Å². The normalized spacial score (nSPS) is 19.6. The Hall–Kier alpha value is -0.960. The minimum atomic E-state index is -0.203. The molecule has 13 heavy (non-hydrogen) atoms. The van der Waals surface area contributed by atoms with Crippen molar-refractivity contribution in [2.24, 2.45) is 0 Å². The maximum absolute atomic E-state index is 10.7. The largest absolute Gasteiger partial charge is 0.451 e. The Kier molecular flexibility index (Phi) is 2.27. The molecule has 1 unspecified atom stereocenters. The summed E-state index contributed by atoms with van der Waals surface area (Å²) >= 11 is 1.62. The van der Waals surface area contributed by atoms with Gasteiger partial charge in [0, 0.05) is 18.2 Å². The lowest BCUT2D eigenvalue weighted by Crippen LogP contribution is -2.10. The van der Waals surface area contributed by atoms with E-state index in [9.17, 15) is 4.79 Å². The van der Waals surface area contributed by atoms with Crippen LogP contribution in [0.3, 0.4) is 0 Å². The van der Waals surface area contributed by atoms with Gasteiger partial charge in [0.1, 0.15) is 0 Å². The summed E-state index contributed by atoms with van der Waals surface area (Å²) in [6.45, 7) is 1.45. The van der Waals surface area contributed by atoms with Crippen molar-refractivity contribution in [1.29, 1.82) is 0 Å². The van der Waals surface area contributed by atoms with Crippen LogP contribution in [0.1, 0.15) is 12.5 Å². The fourth-order valence-corrected chi connectivity index (χ4v) is 2.59. The molecule has 0 radical (unpaired) electrons. The first-order valence-electron chi connectivity index (χ1n) is 4.17. The monoisotopic (exact) mass is 194 g/mol.